The van der Waals surface area contributed by atoms with Crippen LogP contribution in [0.1, 0.15) is 32.7 Å². The molecule has 0 radical (unpaired) electrons. The molecule has 0 saturated heterocycles. The summed E-state index contributed by atoms with van der Waals surface area (Å²) < 4.78 is 28.8. The van der Waals surface area contributed by atoms with Crippen LogP contribution in [0.3, 0.4) is 0 Å². The Balaban J connectivity index is 1.49. The third kappa shape index (κ3) is 2.31. The van der Waals surface area contributed by atoms with Crippen molar-refractivity contribution in [3.63, 3.8) is 0 Å². The van der Waals surface area contributed by atoms with Crippen molar-refractivity contribution in [2.24, 2.45) is 23.7 Å². The molecule has 2 fully saturated rings. The monoisotopic (exact) mass is 333 g/mol. The number of nitrogens with one attached hydrogen (secondary N) is 1. The highest BCUT2D eigenvalue weighted by molar-refractivity contribution is 5.79. The van der Waals surface area contributed by atoms with Crippen LogP contribution in [0.4, 0.5) is 8.78 Å². The zero-order valence-corrected chi connectivity index (χ0v) is 13.8. The summed E-state index contributed by atoms with van der Waals surface area (Å²) in [5.41, 5.74) is 1.13. The van der Waals surface area contributed by atoms with E-state index in [1.54, 1.807) is 6.33 Å². The number of carbonyl (C=O) groups is 1. The molecule has 0 spiro atoms. The first-order valence-electron chi connectivity index (χ1n) is 8.60. The minimum absolute atomic E-state index is 0.0481. The minimum atomic E-state index is -0.863. The number of fused-ring (bicyclic) bond motifs is 2. The second kappa shape index (κ2) is 5.53. The number of imidazole rings is 1. The van der Waals surface area contributed by atoms with Crippen molar-refractivity contribution in [2.75, 3.05) is 6.54 Å². The van der Waals surface area contributed by atoms with Crippen LogP contribution in [-0.4, -0.2) is 22.0 Å². The summed E-state index contributed by atoms with van der Waals surface area (Å²) >= 11 is 0. The average molecular weight is 333 g/mol. The van der Waals surface area contributed by atoms with E-state index in [-0.39, 0.29) is 17.9 Å². The zero-order chi connectivity index (χ0) is 17.0. The molecule has 2 aliphatic rings. The van der Waals surface area contributed by atoms with Crippen LogP contribution in [-0.2, 0) is 4.79 Å². The van der Waals surface area contributed by atoms with Gasteiger partial charge in [-0.3, -0.25) is 4.79 Å². The molecule has 24 heavy (non-hydrogen) atoms. The lowest BCUT2D eigenvalue weighted by atomic mass is 9.96. The minimum Gasteiger partial charge on any atom is -0.356 e. The van der Waals surface area contributed by atoms with Gasteiger partial charge in [0.15, 0.2) is 11.6 Å². The van der Waals surface area contributed by atoms with Gasteiger partial charge in [0.25, 0.3) is 0 Å². The van der Waals surface area contributed by atoms with Gasteiger partial charge in [-0.15, -0.1) is 0 Å². The second-order valence-electron chi connectivity index (χ2n) is 7.12. The molecular formula is C18H21F2N3O. The van der Waals surface area contributed by atoms with E-state index in [0.29, 0.717) is 35.3 Å². The molecule has 5 atom stereocenters. The number of nitrogens with zero attached hydrogens (tertiary/aromatic N) is 2. The first-order valence-corrected chi connectivity index (χ1v) is 8.60. The Labute approximate surface area is 139 Å². The fraction of sp³-hybridized carbons (Fsp3) is 0.556. The van der Waals surface area contributed by atoms with E-state index in [4.69, 9.17) is 0 Å². The van der Waals surface area contributed by atoms with Gasteiger partial charge in [-0.25, -0.2) is 13.8 Å². The standard InChI is InChI=1S/C18H21F2N3O/c1-3-21-18(24)9(2)17-11-4-10(5-12(11)17)23-8-22-15-6-13(19)14(20)7-16(15)23/h6-12,17H,3-5H2,1-2H3,(H,21,24)/t9?,10?,11-,12+,17?. The van der Waals surface area contributed by atoms with E-state index in [1.807, 2.05) is 18.4 Å². The Morgan fingerprint density at radius 2 is 2.00 bits per heavy atom. The highest BCUT2D eigenvalue weighted by atomic mass is 19.2. The zero-order valence-electron chi connectivity index (χ0n) is 13.8. The van der Waals surface area contributed by atoms with Crippen molar-refractivity contribution in [3.05, 3.63) is 30.1 Å². The molecule has 0 bridgehead atoms. The first-order chi connectivity index (χ1) is 11.5. The summed E-state index contributed by atoms with van der Waals surface area (Å²) in [7, 11) is 0. The van der Waals surface area contributed by atoms with Gasteiger partial charge in [0.1, 0.15) is 0 Å². The van der Waals surface area contributed by atoms with Gasteiger partial charge in [0.05, 0.1) is 17.4 Å². The molecule has 2 aromatic rings. The van der Waals surface area contributed by atoms with Crippen LogP contribution < -0.4 is 5.32 Å². The number of rotatable bonds is 4. The fourth-order valence-electron chi connectivity index (χ4n) is 4.66. The van der Waals surface area contributed by atoms with Crippen molar-refractivity contribution < 1.29 is 13.6 Å². The summed E-state index contributed by atoms with van der Waals surface area (Å²) in [6.45, 7) is 4.60. The van der Waals surface area contributed by atoms with Gasteiger partial charge in [-0.2, -0.15) is 0 Å². The lowest BCUT2D eigenvalue weighted by Gasteiger charge is -2.19. The summed E-state index contributed by atoms with van der Waals surface area (Å²) in [6.07, 6.45) is 3.63. The molecule has 2 saturated carbocycles. The molecule has 4 rings (SSSR count). The fourth-order valence-corrected chi connectivity index (χ4v) is 4.66. The third-order valence-corrected chi connectivity index (χ3v) is 5.84. The highest BCUT2D eigenvalue weighted by Gasteiger charge is 2.59. The summed E-state index contributed by atoms with van der Waals surface area (Å²) in [5.74, 6) is 0.0431. The van der Waals surface area contributed by atoms with Gasteiger partial charge in [-0.1, -0.05) is 6.92 Å². The maximum Gasteiger partial charge on any atom is 0.223 e. The van der Waals surface area contributed by atoms with Crippen molar-refractivity contribution in [1.82, 2.24) is 14.9 Å². The predicted molar refractivity (Wildman–Crippen MR) is 86.2 cm³/mol. The Bertz CT molecular complexity index is 791. The van der Waals surface area contributed by atoms with Gasteiger partial charge < -0.3 is 9.88 Å². The summed E-state index contributed by atoms with van der Waals surface area (Å²) in [5, 5.41) is 2.90. The molecule has 3 unspecified atom stereocenters. The van der Waals surface area contributed by atoms with E-state index in [0.717, 1.165) is 18.9 Å². The number of hydrogen-bond donors (Lipinski definition) is 1. The number of amides is 1. The molecule has 1 heterocycles. The Kier molecular flexibility index (Phi) is 3.58. The topological polar surface area (TPSA) is 46.9 Å². The van der Waals surface area contributed by atoms with Crippen LogP contribution in [0.2, 0.25) is 0 Å². The lowest BCUT2D eigenvalue weighted by molar-refractivity contribution is -0.125. The quantitative estimate of drug-likeness (QED) is 0.933. The maximum atomic E-state index is 13.5. The number of hydrogen-bond acceptors (Lipinski definition) is 2. The smallest absolute Gasteiger partial charge is 0.223 e. The number of carbonyl (C=O) groups excluding carboxylic acids is 1. The van der Waals surface area contributed by atoms with Gasteiger partial charge >= 0.3 is 0 Å². The SMILES string of the molecule is CCNC(=O)C(C)C1[C@H]2CC(n3cnc4cc(F)c(F)cc43)C[C@@H]12. The van der Waals surface area contributed by atoms with Gasteiger partial charge in [0, 0.05) is 30.6 Å². The molecule has 128 valence electrons. The second-order valence-corrected chi connectivity index (χ2v) is 7.12. The molecule has 6 heteroatoms. The molecule has 1 N–H and O–H groups in total. The van der Waals surface area contributed by atoms with Gasteiger partial charge in [0.2, 0.25) is 5.91 Å². The van der Waals surface area contributed by atoms with E-state index in [9.17, 15) is 13.6 Å². The number of aromatic nitrogens is 2. The van der Waals surface area contributed by atoms with E-state index in [1.165, 1.54) is 6.07 Å². The van der Waals surface area contributed by atoms with Gasteiger partial charge in [-0.05, 0) is 37.5 Å². The molecule has 1 amide bonds. The lowest BCUT2D eigenvalue weighted by Crippen LogP contribution is -2.31. The largest absolute Gasteiger partial charge is 0.356 e. The molecule has 4 nitrogen and oxygen atoms in total. The van der Waals surface area contributed by atoms with Crippen LogP contribution in [0.5, 0.6) is 0 Å². The molecule has 1 aromatic carbocycles. The predicted octanol–water partition coefficient (Wildman–Crippen LogP) is 3.28. The Hall–Kier alpha value is -1.98. The van der Waals surface area contributed by atoms with Crippen molar-refractivity contribution in [2.45, 2.75) is 32.7 Å². The molecule has 2 aliphatic carbocycles. The van der Waals surface area contributed by atoms with Crippen molar-refractivity contribution >= 4 is 16.9 Å². The van der Waals surface area contributed by atoms with E-state index >= 15 is 0 Å². The van der Waals surface area contributed by atoms with E-state index in [2.05, 4.69) is 10.3 Å². The normalized spacial score (nSPS) is 29.5. The summed E-state index contributed by atoms with van der Waals surface area (Å²) in [6, 6.07) is 2.64. The first kappa shape index (κ1) is 15.5. The maximum absolute atomic E-state index is 13.5. The summed E-state index contributed by atoms with van der Waals surface area (Å²) in [4.78, 5) is 16.2. The Morgan fingerprint density at radius 3 is 2.67 bits per heavy atom. The van der Waals surface area contributed by atoms with Crippen molar-refractivity contribution in [1.29, 1.82) is 0 Å². The molecule has 1 aromatic heterocycles. The van der Waals surface area contributed by atoms with Crippen LogP contribution in [0.15, 0.2) is 18.5 Å². The van der Waals surface area contributed by atoms with Crippen molar-refractivity contribution in [3.8, 4) is 0 Å². The third-order valence-electron chi connectivity index (χ3n) is 5.84. The number of halogens is 2. The van der Waals surface area contributed by atoms with Crippen LogP contribution >= 0.6 is 0 Å². The number of benzene rings is 1. The van der Waals surface area contributed by atoms with Crippen LogP contribution in [0, 0.1) is 35.3 Å². The van der Waals surface area contributed by atoms with Crippen LogP contribution in [0.25, 0.3) is 11.0 Å². The highest BCUT2D eigenvalue weighted by Crippen LogP contribution is 2.63. The molecule has 0 aliphatic heterocycles. The van der Waals surface area contributed by atoms with E-state index < -0.39 is 11.6 Å². The average Bonchev–Trinajstić information content (AvgIpc) is 2.89. The Morgan fingerprint density at radius 1 is 1.33 bits per heavy atom. The molecular weight excluding hydrogens is 312 g/mol.